The summed E-state index contributed by atoms with van der Waals surface area (Å²) in [4.78, 5) is 30.6. The highest BCUT2D eigenvalue weighted by atomic mass is 19.3. The number of aromatic nitrogens is 1. The van der Waals surface area contributed by atoms with Crippen LogP contribution in [-0.2, 0) is 11.3 Å². The van der Waals surface area contributed by atoms with Crippen LogP contribution < -0.4 is 10.1 Å². The van der Waals surface area contributed by atoms with Gasteiger partial charge >= 0.3 is 12.7 Å². The normalized spacial score (nSPS) is 16.0. The molecule has 1 aromatic heterocycles. The van der Waals surface area contributed by atoms with Crippen LogP contribution in [0.5, 0.6) is 5.75 Å². The van der Waals surface area contributed by atoms with E-state index in [0.29, 0.717) is 18.7 Å². The van der Waals surface area contributed by atoms with E-state index in [9.17, 15) is 18.4 Å². The van der Waals surface area contributed by atoms with E-state index in [2.05, 4.69) is 15.0 Å². The Morgan fingerprint density at radius 2 is 1.97 bits per heavy atom. The van der Waals surface area contributed by atoms with Gasteiger partial charge in [-0.25, -0.2) is 4.79 Å². The van der Waals surface area contributed by atoms with Gasteiger partial charge in [0.2, 0.25) is 0 Å². The Kier molecular flexibility index (Phi) is 6.42. The quantitative estimate of drug-likeness (QED) is 0.750. The molecular formula is C22H25F2N3O4. The Bertz CT molecular complexity index is 975. The van der Waals surface area contributed by atoms with Crippen LogP contribution in [0.25, 0.3) is 0 Å². The molecule has 2 heterocycles. The largest absolute Gasteiger partial charge is 0.444 e. The zero-order valence-corrected chi connectivity index (χ0v) is 17.8. The van der Waals surface area contributed by atoms with E-state index in [0.717, 1.165) is 17.3 Å². The number of anilines is 1. The number of nitrogens with one attached hydrogen (secondary N) is 1. The van der Waals surface area contributed by atoms with Crippen molar-refractivity contribution in [2.75, 3.05) is 11.9 Å². The summed E-state index contributed by atoms with van der Waals surface area (Å²) in [6, 6.07) is 6.56. The maximum Gasteiger partial charge on any atom is 0.410 e. The third-order valence-electron chi connectivity index (χ3n) is 4.64. The number of nitrogens with zero attached hydrogens (tertiary/aromatic N) is 2. The molecule has 1 atom stereocenters. The highest BCUT2D eigenvalue weighted by Crippen LogP contribution is 2.30. The molecule has 0 aliphatic carbocycles. The number of carbonyl (C=O) groups is 2. The van der Waals surface area contributed by atoms with E-state index in [-0.39, 0.29) is 17.4 Å². The van der Waals surface area contributed by atoms with E-state index in [1.807, 2.05) is 33.8 Å². The van der Waals surface area contributed by atoms with Crippen molar-refractivity contribution in [1.82, 2.24) is 9.88 Å². The van der Waals surface area contributed by atoms with Gasteiger partial charge in [0.15, 0.2) is 0 Å². The summed E-state index contributed by atoms with van der Waals surface area (Å²) in [5.41, 5.74) is 1.91. The molecule has 0 saturated heterocycles. The second-order valence-corrected chi connectivity index (χ2v) is 8.42. The predicted octanol–water partition coefficient (Wildman–Crippen LogP) is 4.79. The summed E-state index contributed by atoms with van der Waals surface area (Å²) in [5, 5.41) is 2.62. The Hall–Kier alpha value is -3.23. The molecule has 0 fully saturated rings. The molecule has 31 heavy (non-hydrogen) atoms. The van der Waals surface area contributed by atoms with Gasteiger partial charge in [-0.15, -0.1) is 0 Å². The fourth-order valence-corrected chi connectivity index (χ4v) is 3.39. The number of carbonyl (C=O) groups excluding carboxylic acids is 2. The molecule has 2 amide bonds. The maximum atomic E-state index is 12.7. The highest BCUT2D eigenvalue weighted by molar-refractivity contribution is 6.04. The summed E-state index contributed by atoms with van der Waals surface area (Å²) in [7, 11) is 0. The van der Waals surface area contributed by atoms with Crippen molar-refractivity contribution in [3.8, 4) is 5.75 Å². The minimum absolute atomic E-state index is 0.0840. The van der Waals surface area contributed by atoms with Gasteiger partial charge in [-0.05, 0) is 49.9 Å². The van der Waals surface area contributed by atoms with Gasteiger partial charge in [-0.1, -0.05) is 13.0 Å². The summed E-state index contributed by atoms with van der Waals surface area (Å²) < 4.78 is 34.5. The number of hydrogen-bond acceptors (Lipinski definition) is 5. The summed E-state index contributed by atoms with van der Waals surface area (Å²) >= 11 is 0. The average Bonchev–Trinajstić information content (AvgIpc) is 2.66. The molecule has 1 aliphatic rings. The van der Waals surface area contributed by atoms with E-state index in [1.165, 1.54) is 12.3 Å². The molecule has 7 nitrogen and oxygen atoms in total. The van der Waals surface area contributed by atoms with Crippen LogP contribution in [0.1, 0.15) is 55.1 Å². The smallest absolute Gasteiger partial charge is 0.410 e. The SMILES string of the molecule is CC1CN(C(=O)OC(C)(C)C)Cc2cc(C(=O)Nc3cncc(OC(F)F)c3)ccc21. The first-order valence-corrected chi connectivity index (χ1v) is 9.84. The van der Waals surface area contributed by atoms with Gasteiger partial charge in [0.1, 0.15) is 11.4 Å². The van der Waals surface area contributed by atoms with Crippen LogP contribution in [0.3, 0.4) is 0 Å². The van der Waals surface area contributed by atoms with Gasteiger partial charge in [-0.2, -0.15) is 8.78 Å². The van der Waals surface area contributed by atoms with Crippen molar-refractivity contribution in [3.63, 3.8) is 0 Å². The average molecular weight is 433 g/mol. The number of hydrogen-bond donors (Lipinski definition) is 1. The number of fused-ring (bicyclic) bond motifs is 1. The van der Waals surface area contributed by atoms with Gasteiger partial charge in [0.25, 0.3) is 5.91 Å². The standard InChI is InChI=1S/C22H25F2N3O4/c1-13-11-27(21(29)31-22(2,3)4)12-15-7-14(5-6-18(13)15)19(28)26-16-8-17(10-25-9-16)30-20(23)24/h5-10,13,20H,11-12H2,1-4H3,(H,26,28). The topological polar surface area (TPSA) is 80.8 Å². The van der Waals surface area contributed by atoms with Crippen LogP contribution in [0.15, 0.2) is 36.7 Å². The Labute approximate surface area is 179 Å². The van der Waals surface area contributed by atoms with Crippen LogP contribution in [0.4, 0.5) is 19.3 Å². The number of rotatable bonds is 4. The molecule has 0 bridgehead atoms. The predicted molar refractivity (Wildman–Crippen MR) is 110 cm³/mol. The minimum Gasteiger partial charge on any atom is -0.444 e. The fourth-order valence-electron chi connectivity index (χ4n) is 3.39. The molecule has 1 N–H and O–H groups in total. The number of alkyl halides is 2. The molecule has 1 aromatic carbocycles. The number of pyridine rings is 1. The van der Waals surface area contributed by atoms with Crippen molar-refractivity contribution >= 4 is 17.7 Å². The van der Waals surface area contributed by atoms with Crippen LogP contribution in [0, 0.1) is 0 Å². The zero-order chi connectivity index (χ0) is 22.8. The lowest BCUT2D eigenvalue weighted by Gasteiger charge is -2.34. The molecule has 0 saturated carbocycles. The minimum atomic E-state index is -2.98. The molecule has 2 aromatic rings. The fraction of sp³-hybridized carbons (Fsp3) is 0.409. The first-order valence-electron chi connectivity index (χ1n) is 9.84. The van der Waals surface area contributed by atoms with Crippen molar-refractivity contribution < 1.29 is 27.8 Å². The zero-order valence-electron chi connectivity index (χ0n) is 17.8. The summed E-state index contributed by atoms with van der Waals surface area (Å²) in [6.45, 7) is 5.31. The van der Waals surface area contributed by atoms with Gasteiger partial charge < -0.3 is 19.7 Å². The monoisotopic (exact) mass is 433 g/mol. The maximum absolute atomic E-state index is 12.7. The number of halogens is 2. The molecule has 1 unspecified atom stereocenters. The third-order valence-corrected chi connectivity index (χ3v) is 4.64. The van der Waals surface area contributed by atoms with Gasteiger partial charge in [0.05, 0.1) is 18.1 Å². The van der Waals surface area contributed by atoms with E-state index >= 15 is 0 Å². The number of amides is 2. The van der Waals surface area contributed by atoms with Crippen molar-refractivity contribution in [1.29, 1.82) is 0 Å². The Balaban J connectivity index is 1.76. The lowest BCUT2D eigenvalue weighted by atomic mass is 9.90. The van der Waals surface area contributed by atoms with Crippen LogP contribution in [-0.4, -0.2) is 40.6 Å². The first kappa shape index (κ1) is 22.5. The highest BCUT2D eigenvalue weighted by Gasteiger charge is 2.29. The molecule has 0 spiro atoms. The van der Waals surface area contributed by atoms with Crippen LogP contribution >= 0.6 is 0 Å². The second kappa shape index (κ2) is 8.87. The van der Waals surface area contributed by atoms with Gasteiger partial charge in [0, 0.05) is 24.7 Å². The van der Waals surface area contributed by atoms with Crippen molar-refractivity contribution in [3.05, 3.63) is 53.3 Å². The van der Waals surface area contributed by atoms with E-state index in [1.54, 1.807) is 17.0 Å². The molecule has 9 heteroatoms. The van der Waals surface area contributed by atoms with Crippen LogP contribution in [0.2, 0.25) is 0 Å². The number of ether oxygens (including phenoxy) is 2. The Morgan fingerprint density at radius 1 is 1.23 bits per heavy atom. The lowest BCUT2D eigenvalue weighted by molar-refractivity contribution is -0.0500. The van der Waals surface area contributed by atoms with Gasteiger partial charge in [-0.3, -0.25) is 9.78 Å². The molecule has 3 rings (SSSR count). The molecular weight excluding hydrogens is 408 g/mol. The number of benzene rings is 1. The summed E-state index contributed by atoms with van der Waals surface area (Å²) in [6.07, 6.45) is 2.07. The molecule has 166 valence electrons. The second-order valence-electron chi connectivity index (χ2n) is 8.42. The van der Waals surface area contributed by atoms with Crippen molar-refractivity contribution in [2.45, 2.75) is 52.4 Å². The van der Waals surface area contributed by atoms with E-state index < -0.39 is 24.2 Å². The molecule has 1 aliphatic heterocycles. The summed E-state index contributed by atoms with van der Waals surface area (Å²) in [5.74, 6) is -0.498. The first-order chi connectivity index (χ1) is 14.5. The Morgan fingerprint density at radius 3 is 2.65 bits per heavy atom. The van der Waals surface area contributed by atoms with Crippen molar-refractivity contribution in [2.24, 2.45) is 0 Å². The molecule has 0 radical (unpaired) electrons. The third kappa shape index (κ3) is 5.90. The lowest BCUT2D eigenvalue weighted by Crippen LogP contribution is -2.41. The van der Waals surface area contributed by atoms with E-state index in [4.69, 9.17) is 4.74 Å².